The molecule has 1 aromatic carbocycles. The molecule has 0 fully saturated rings. The first-order valence-electron chi connectivity index (χ1n) is 5.92. The molecule has 2 nitrogen and oxygen atoms in total. The number of rotatable bonds is 7. The Balaban J connectivity index is 2.03. The Morgan fingerprint density at radius 3 is 2.53 bits per heavy atom. The number of nitrogens with one attached hydrogen (secondary N) is 1. The van der Waals surface area contributed by atoms with E-state index in [-0.39, 0.29) is 5.75 Å². The summed E-state index contributed by atoms with van der Waals surface area (Å²) < 4.78 is 35.5. The Labute approximate surface area is 114 Å². The second kappa shape index (κ2) is 8.09. The molecule has 0 aliphatic rings. The minimum Gasteiger partial charge on any atom is -0.346 e. The fourth-order valence-electron chi connectivity index (χ4n) is 1.44. The van der Waals surface area contributed by atoms with Gasteiger partial charge < -0.3 is 5.32 Å². The van der Waals surface area contributed by atoms with Crippen molar-refractivity contribution in [1.82, 2.24) is 5.32 Å². The van der Waals surface area contributed by atoms with Crippen LogP contribution < -0.4 is 5.32 Å². The minimum absolute atomic E-state index is 0.0743. The third kappa shape index (κ3) is 8.53. The van der Waals surface area contributed by atoms with Crippen LogP contribution in [0.4, 0.5) is 13.2 Å². The number of alkyl halides is 3. The van der Waals surface area contributed by atoms with Crippen LogP contribution in [0.1, 0.15) is 12.0 Å². The molecule has 0 saturated heterocycles. The molecule has 0 saturated carbocycles. The Morgan fingerprint density at radius 1 is 1.21 bits per heavy atom. The predicted octanol–water partition coefficient (Wildman–Crippen LogP) is 3.03. The highest BCUT2D eigenvalue weighted by Crippen LogP contribution is 2.12. The summed E-state index contributed by atoms with van der Waals surface area (Å²) in [6.07, 6.45) is -2.52. The van der Waals surface area contributed by atoms with Gasteiger partial charge in [-0.2, -0.15) is 24.9 Å². The van der Waals surface area contributed by atoms with Gasteiger partial charge in [-0.05, 0) is 24.2 Å². The molecule has 6 heteroatoms. The number of benzene rings is 1. The SMILES string of the molecule is O=C(CSCCCc1ccccc1)NCC(F)(F)F. The first kappa shape index (κ1) is 15.9. The monoisotopic (exact) mass is 291 g/mol. The van der Waals surface area contributed by atoms with Crippen LogP contribution >= 0.6 is 11.8 Å². The minimum atomic E-state index is -4.34. The number of hydrogen-bond donors (Lipinski definition) is 1. The molecule has 19 heavy (non-hydrogen) atoms. The van der Waals surface area contributed by atoms with Crippen LogP contribution in [0.2, 0.25) is 0 Å². The van der Waals surface area contributed by atoms with Crippen LogP contribution in [0.5, 0.6) is 0 Å². The number of carbonyl (C=O) groups is 1. The van der Waals surface area contributed by atoms with Crippen molar-refractivity contribution in [1.29, 1.82) is 0 Å². The lowest BCUT2D eigenvalue weighted by atomic mass is 10.1. The van der Waals surface area contributed by atoms with Crippen molar-refractivity contribution in [3.05, 3.63) is 35.9 Å². The highest BCUT2D eigenvalue weighted by molar-refractivity contribution is 7.99. The second-order valence-electron chi connectivity index (χ2n) is 4.03. The Kier molecular flexibility index (Phi) is 6.77. The molecule has 1 amide bonds. The average Bonchev–Trinajstić information content (AvgIpc) is 2.36. The Hall–Kier alpha value is -1.17. The van der Waals surface area contributed by atoms with Crippen LogP contribution in [0.15, 0.2) is 30.3 Å². The van der Waals surface area contributed by atoms with Crippen LogP contribution in [0.3, 0.4) is 0 Å². The van der Waals surface area contributed by atoms with Crippen LogP contribution in [-0.4, -0.2) is 30.1 Å². The van der Waals surface area contributed by atoms with E-state index in [4.69, 9.17) is 0 Å². The van der Waals surface area contributed by atoms with Crippen LogP contribution in [-0.2, 0) is 11.2 Å². The van der Waals surface area contributed by atoms with Crippen molar-refractivity contribution in [2.45, 2.75) is 19.0 Å². The number of carbonyl (C=O) groups excluding carboxylic acids is 1. The van der Waals surface area contributed by atoms with Crippen molar-refractivity contribution in [2.75, 3.05) is 18.1 Å². The maximum absolute atomic E-state index is 11.8. The van der Waals surface area contributed by atoms with E-state index >= 15 is 0 Å². The van der Waals surface area contributed by atoms with E-state index in [1.165, 1.54) is 17.3 Å². The largest absolute Gasteiger partial charge is 0.405 e. The quantitative estimate of drug-likeness (QED) is 0.782. The van der Waals surface area contributed by atoms with E-state index in [1.54, 1.807) is 0 Å². The number of amides is 1. The van der Waals surface area contributed by atoms with E-state index in [9.17, 15) is 18.0 Å². The van der Waals surface area contributed by atoms with E-state index in [0.29, 0.717) is 0 Å². The molecular formula is C13H16F3NOS. The first-order chi connectivity index (χ1) is 8.97. The summed E-state index contributed by atoms with van der Waals surface area (Å²) in [5.41, 5.74) is 1.23. The first-order valence-corrected chi connectivity index (χ1v) is 7.08. The van der Waals surface area contributed by atoms with Gasteiger partial charge in [-0.25, -0.2) is 0 Å². The topological polar surface area (TPSA) is 29.1 Å². The smallest absolute Gasteiger partial charge is 0.346 e. The van der Waals surface area contributed by atoms with Crippen LogP contribution in [0, 0.1) is 0 Å². The molecule has 0 bridgehead atoms. The van der Waals surface area contributed by atoms with Gasteiger partial charge in [-0.3, -0.25) is 4.79 Å². The van der Waals surface area contributed by atoms with Gasteiger partial charge in [0.15, 0.2) is 0 Å². The Morgan fingerprint density at radius 2 is 1.89 bits per heavy atom. The highest BCUT2D eigenvalue weighted by Gasteiger charge is 2.27. The lowest BCUT2D eigenvalue weighted by Gasteiger charge is -2.08. The predicted molar refractivity (Wildman–Crippen MR) is 71.2 cm³/mol. The zero-order chi connectivity index (χ0) is 14.1. The molecule has 0 atom stereocenters. The van der Waals surface area contributed by atoms with Gasteiger partial charge in [0.05, 0.1) is 5.75 Å². The maximum Gasteiger partial charge on any atom is 0.405 e. The second-order valence-corrected chi connectivity index (χ2v) is 5.14. The summed E-state index contributed by atoms with van der Waals surface area (Å²) in [7, 11) is 0. The van der Waals surface area contributed by atoms with E-state index < -0.39 is 18.6 Å². The van der Waals surface area contributed by atoms with E-state index in [1.807, 2.05) is 35.6 Å². The molecular weight excluding hydrogens is 275 g/mol. The van der Waals surface area contributed by atoms with Crippen molar-refractivity contribution in [3.63, 3.8) is 0 Å². The number of thioether (sulfide) groups is 1. The van der Waals surface area contributed by atoms with Crippen molar-refractivity contribution in [2.24, 2.45) is 0 Å². The molecule has 0 unspecified atom stereocenters. The summed E-state index contributed by atoms with van der Waals surface area (Å²) in [5, 5.41) is 1.85. The lowest BCUT2D eigenvalue weighted by Crippen LogP contribution is -2.34. The summed E-state index contributed by atoms with van der Waals surface area (Å²) in [6.45, 7) is -1.25. The summed E-state index contributed by atoms with van der Waals surface area (Å²) in [5.74, 6) is 0.265. The standard InChI is InChI=1S/C13H16F3NOS/c14-13(15,16)10-17-12(18)9-19-8-4-7-11-5-2-1-3-6-11/h1-3,5-6H,4,7-10H2,(H,17,18). The number of halogens is 3. The molecule has 106 valence electrons. The molecule has 1 aromatic rings. The normalized spacial score (nSPS) is 11.3. The Bertz CT molecular complexity index is 381. The molecule has 0 radical (unpaired) electrons. The van der Waals surface area contributed by atoms with Crippen LogP contribution in [0.25, 0.3) is 0 Å². The third-order valence-electron chi connectivity index (χ3n) is 2.32. The lowest BCUT2D eigenvalue weighted by molar-refractivity contribution is -0.136. The molecule has 0 aliphatic carbocycles. The van der Waals surface area contributed by atoms with Gasteiger partial charge >= 0.3 is 6.18 Å². The average molecular weight is 291 g/mol. The fraction of sp³-hybridized carbons (Fsp3) is 0.462. The number of hydrogen-bond acceptors (Lipinski definition) is 2. The molecule has 0 aromatic heterocycles. The van der Waals surface area contributed by atoms with Gasteiger partial charge in [0.2, 0.25) is 5.91 Å². The molecule has 0 spiro atoms. The molecule has 1 N–H and O–H groups in total. The summed E-state index contributed by atoms with van der Waals surface area (Å²) in [6, 6.07) is 9.94. The van der Waals surface area contributed by atoms with Crippen molar-refractivity contribution >= 4 is 17.7 Å². The maximum atomic E-state index is 11.8. The third-order valence-corrected chi connectivity index (χ3v) is 3.36. The summed E-state index contributed by atoms with van der Waals surface area (Å²) >= 11 is 1.35. The van der Waals surface area contributed by atoms with Gasteiger partial charge in [-0.15, -0.1) is 0 Å². The highest BCUT2D eigenvalue weighted by atomic mass is 32.2. The fourth-order valence-corrected chi connectivity index (χ4v) is 2.22. The molecule has 0 heterocycles. The van der Waals surface area contributed by atoms with Gasteiger partial charge in [-0.1, -0.05) is 30.3 Å². The zero-order valence-corrected chi connectivity index (χ0v) is 11.2. The van der Waals surface area contributed by atoms with Gasteiger partial charge in [0.1, 0.15) is 6.54 Å². The van der Waals surface area contributed by atoms with Gasteiger partial charge in [0, 0.05) is 0 Å². The zero-order valence-electron chi connectivity index (χ0n) is 10.4. The molecule has 1 rings (SSSR count). The van der Waals surface area contributed by atoms with E-state index in [2.05, 4.69) is 0 Å². The van der Waals surface area contributed by atoms with Crippen molar-refractivity contribution in [3.8, 4) is 0 Å². The van der Waals surface area contributed by atoms with Crippen molar-refractivity contribution < 1.29 is 18.0 Å². The van der Waals surface area contributed by atoms with E-state index in [0.717, 1.165) is 18.6 Å². The van der Waals surface area contributed by atoms with Gasteiger partial charge in [0.25, 0.3) is 0 Å². The summed E-state index contributed by atoms with van der Waals surface area (Å²) in [4.78, 5) is 11.1. The molecule has 0 aliphatic heterocycles. The number of aryl methyl sites for hydroxylation is 1.